The second-order valence-electron chi connectivity index (χ2n) is 3.47. The predicted octanol–water partition coefficient (Wildman–Crippen LogP) is -0.159. The summed E-state index contributed by atoms with van der Waals surface area (Å²) >= 11 is 0. The molecule has 1 aromatic rings. The molecule has 0 atom stereocenters. The van der Waals surface area contributed by atoms with E-state index in [1.54, 1.807) is 0 Å². The highest BCUT2D eigenvalue weighted by Gasteiger charge is 2.21. The van der Waals surface area contributed by atoms with Gasteiger partial charge in [0.05, 0.1) is 14.2 Å². The molecular weight excluding hydrogens is 269 g/mol. The van der Waals surface area contributed by atoms with E-state index in [1.165, 1.54) is 13.2 Å². The Morgan fingerprint density at radius 3 is 2.40 bits per heavy atom. The highest BCUT2D eigenvalue weighted by molar-refractivity contribution is 5.97. The Bertz CT molecular complexity index is 582. The number of methoxy groups -OCH3 is 2. The molecule has 8 nitrogen and oxygen atoms in total. The topological polar surface area (TPSA) is 138 Å². The molecule has 1 aromatic carbocycles. The summed E-state index contributed by atoms with van der Waals surface area (Å²) in [7, 11) is 2.36. The summed E-state index contributed by atoms with van der Waals surface area (Å²) < 4.78 is 23.1. The van der Waals surface area contributed by atoms with E-state index in [-0.39, 0.29) is 23.4 Å². The molecule has 6 N–H and O–H groups in total. The standard InChI is InChI=1S/C11H14FN5O3/c1-19-8-6(16-11(15)17-10(13)14)4-3-5(12)7(8)9(18)20-2/h3-4H,1-2H3,(H6,13,14,15,16,17). The van der Waals surface area contributed by atoms with Gasteiger partial charge >= 0.3 is 5.97 Å². The van der Waals surface area contributed by atoms with Crippen molar-refractivity contribution in [2.75, 3.05) is 14.2 Å². The van der Waals surface area contributed by atoms with Crippen LogP contribution in [0.15, 0.2) is 22.1 Å². The van der Waals surface area contributed by atoms with Crippen molar-refractivity contribution in [2.45, 2.75) is 0 Å². The number of esters is 1. The van der Waals surface area contributed by atoms with Crippen molar-refractivity contribution in [3.8, 4) is 5.75 Å². The van der Waals surface area contributed by atoms with Gasteiger partial charge in [-0.1, -0.05) is 0 Å². The van der Waals surface area contributed by atoms with Crippen molar-refractivity contribution in [2.24, 2.45) is 27.2 Å². The van der Waals surface area contributed by atoms with Gasteiger partial charge in [0.2, 0.25) is 5.96 Å². The molecule has 0 aromatic heterocycles. The number of guanidine groups is 2. The van der Waals surface area contributed by atoms with Crippen LogP contribution in [0.5, 0.6) is 5.75 Å². The lowest BCUT2D eigenvalue weighted by molar-refractivity contribution is 0.0591. The van der Waals surface area contributed by atoms with Gasteiger partial charge in [-0.3, -0.25) is 0 Å². The number of carbonyl (C=O) groups excluding carboxylic acids is 1. The summed E-state index contributed by atoms with van der Waals surface area (Å²) in [5.74, 6) is -2.42. The van der Waals surface area contributed by atoms with Gasteiger partial charge < -0.3 is 26.7 Å². The Balaban J connectivity index is 3.43. The molecule has 0 saturated heterocycles. The zero-order valence-electron chi connectivity index (χ0n) is 10.9. The molecule has 9 heteroatoms. The molecular formula is C11H14FN5O3. The first kappa shape index (κ1) is 15.2. The van der Waals surface area contributed by atoms with Gasteiger partial charge in [-0.15, -0.1) is 0 Å². The fourth-order valence-corrected chi connectivity index (χ4v) is 1.42. The van der Waals surface area contributed by atoms with Gasteiger partial charge in [-0.05, 0) is 12.1 Å². The van der Waals surface area contributed by atoms with Crippen molar-refractivity contribution in [1.82, 2.24) is 0 Å². The maximum absolute atomic E-state index is 13.7. The summed E-state index contributed by atoms with van der Waals surface area (Å²) in [4.78, 5) is 18.9. The van der Waals surface area contributed by atoms with Gasteiger partial charge in [0, 0.05) is 0 Å². The first-order valence-corrected chi connectivity index (χ1v) is 5.29. The van der Waals surface area contributed by atoms with Gasteiger partial charge in [0.1, 0.15) is 17.1 Å². The zero-order chi connectivity index (χ0) is 15.3. The van der Waals surface area contributed by atoms with Crippen LogP contribution in [0.1, 0.15) is 10.4 Å². The number of nitrogens with two attached hydrogens (primary N) is 3. The molecule has 0 radical (unpaired) electrons. The summed E-state index contributed by atoms with van der Waals surface area (Å²) in [6.07, 6.45) is 0. The highest BCUT2D eigenvalue weighted by atomic mass is 19.1. The first-order chi connectivity index (χ1) is 9.40. The Morgan fingerprint density at radius 1 is 1.25 bits per heavy atom. The number of carbonyl (C=O) groups is 1. The lowest BCUT2D eigenvalue weighted by Gasteiger charge is -2.10. The van der Waals surface area contributed by atoms with Crippen LogP contribution >= 0.6 is 0 Å². The predicted molar refractivity (Wildman–Crippen MR) is 71.4 cm³/mol. The van der Waals surface area contributed by atoms with Crippen molar-refractivity contribution in [3.63, 3.8) is 0 Å². The Morgan fingerprint density at radius 2 is 1.90 bits per heavy atom. The van der Waals surface area contributed by atoms with E-state index in [9.17, 15) is 9.18 Å². The number of aliphatic imine (C=N–C) groups is 2. The summed E-state index contributed by atoms with van der Waals surface area (Å²) in [5.41, 5.74) is 15.4. The minimum atomic E-state index is -0.906. The van der Waals surface area contributed by atoms with E-state index in [0.717, 1.165) is 13.2 Å². The zero-order valence-corrected chi connectivity index (χ0v) is 10.9. The molecule has 108 valence electrons. The summed E-state index contributed by atoms with van der Waals surface area (Å²) in [5, 5.41) is 0. The third-order valence-corrected chi connectivity index (χ3v) is 2.16. The molecule has 0 heterocycles. The molecule has 20 heavy (non-hydrogen) atoms. The van der Waals surface area contributed by atoms with Crippen molar-refractivity contribution in [1.29, 1.82) is 0 Å². The first-order valence-electron chi connectivity index (χ1n) is 5.29. The third kappa shape index (κ3) is 3.34. The lowest BCUT2D eigenvalue weighted by atomic mass is 10.1. The average Bonchev–Trinajstić information content (AvgIpc) is 2.38. The van der Waals surface area contributed by atoms with Crippen LogP contribution < -0.4 is 21.9 Å². The van der Waals surface area contributed by atoms with Crippen LogP contribution in [-0.4, -0.2) is 32.1 Å². The highest BCUT2D eigenvalue weighted by Crippen LogP contribution is 2.33. The van der Waals surface area contributed by atoms with E-state index in [1.807, 2.05) is 0 Å². The van der Waals surface area contributed by atoms with Gasteiger partial charge in [-0.25, -0.2) is 14.2 Å². The lowest BCUT2D eigenvalue weighted by Crippen LogP contribution is -2.26. The van der Waals surface area contributed by atoms with Gasteiger partial charge in [-0.2, -0.15) is 4.99 Å². The van der Waals surface area contributed by atoms with E-state index in [4.69, 9.17) is 21.9 Å². The Labute approximate surface area is 114 Å². The molecule has 1 rings (SSSR count). The molecule has 0 aliphatic rings. The van der Waals surface area contributed by atoms with E-state index in [0.29, 0.717) is 0 Å². The molecule has 0 saturated carbocycles. The summed E-state index contributed by atoms with van der Waals surface area (Å²) in [6, 6.07) is 2.28. The fraction of sp³-hybridized carbons (Fsp3) is 0.182. The Kier molecular flexibility index (Phi) is 4.84. The monoisotopic (exact) mass is 283 g/mol. The number of ether oxygens (including phenoxy) is 2. The SMILES string of the molecule is COC(=O)c1c(F)ccc(N=C(N)N=C(N)N)c1OC. The smallest absolute Gasteiger partial charge is 0.344 e. The third-order valence-electron chi connectivity index (χ3n) is 2.16. The van der Waals surface area contributed by atoms with E-state index >= 15 is 0 Å². The number of nitrogens with zero attached hydrogens (tertiary/aromatic N) is 2. The van der Waals surface area contributed by atoms with Crippen LogP contribution in [0, 0.1) is 5.82 Å². The summed E-state index contributed by atoms with van der Waals surface area (Å²) in [6.45, 7) is 0. The molecule has 0 amide bonds. The largest absolute Gasteiger partial charge is 0.493 e. The van der Waals surface area contributed by atoms with Crippen molar-refractivity contribution < 1.29 is 18.7 Å². The number of halogens is 1. The van der Waals surface area contributed by atoms with Crippen LogP contribution in [0.4, 0.5) is 10.1 Å². The average molecular weight is 283 g/mol. The van der Waals surface area contributed by atoms with Crippen molar-refractivity contribution in [3.05, 3.63) is 23.5 Å². The number of hydrogen-bond donors (Lipinski definition) is 3. The van der Waals surface area contributed by atoms with Crippen LogP contribution in [-0.2, 0) is 4.74 Å². The molecule has 0 spiro atoms. The van der Waals surface area contributed by atoms with Gasteiger partial charge in [0.15, 0.2) is 11.7 Å². The van der Waals surface area contributed by atoms with Gasteiger partial charge in [0.25, 0.3) is 0 Å². The van der Waals surface area contributed by atoms with E-state index in [2.05, 4.69) is 14.7 Å². The molecule has 0 fully saturated rings. The molecule has 0 aliphatic heterocycles. The van der Waals surface area contributed by atoms with Crippen LogP contribution in [0.3, 0.4) is 0 Å². The van der Waals surface area contributed by atoms with Crippen molar-refractivity contribution >= 4 is 23.6 Å². The second kappa shape index (κ2) is 6.36. The maximum Gasteiger partial charge on any atom is 0.344 e. The number of benzene rings is 1. The molecule has 0 aliphatic carbocycles. The maximum atomic E-state index is 13.7. The number of rotatable bonds is 3. The minimum absolute atomic E-state index is 0.0804. The van der Waals surface area contributed by atoms with E-state index < -0.39 is 17.3 Å². The molecule has 0 unspecified atom stereocenters. The normalized spacial score (nSPS) is 10.8. The Hall–Kier alpha value is -2.84. The fourth-order valence-electron chi connectivity index (χ4n) is 1.42. The number of hydrogen-bond acceptors (Lipinski definition) is 4. The van der Waals surface area contributed by atoms with Crippen LogP contribution in [0.25, 0.3) is 0 Å². The molecule has 0 bridgehead atoms. The quantitative estimate of drug-likeness (QED) is 0.400. The van der Waals surface area contributed by atoms with Crippen LogP contribution in [0.2, 0.25) is 0 Å². The second-order valence-corrected chi connectivity index (χ2v) is 3.47. The minimum Gasteiger partial charge on any atom is -0.493 e.